The summed E-state index contributed by atoms with van der Waals surface area (Å²) >= 11 is 0. The maximum absolute atomic E-state index is 13.5. The standard InChI is InChI=1S/C33H35NO2/c1-33(2,3)24-11-8-10-22(18-24)23-19-25-12-9-13-26(20-23)34(25)32(35)36-21-31-29-16-6-4-14-27(29)28-15-5-7-17-30(28)31/h4-8,10-11,14-19,25-26,31H,9,12-13,20-21H2,1-3H3. The van der Waals surface area contributed by atoms with Gasteiger partial charge in [0, 0.05) is 12.0 Å². The van der Waals surface area contributed by atoms with Crippen LogP contribution in [-0.4, -0.2) is 29.7 Å². The van der Waals surface area contributed by atoms with E-state index in [0.717, 1.165) is 25.7 Å². The third-order valence-corrected chi connectivity index (χ3v) is 8.28. The Morgan fingerprint density at radius 1 is 0.917 bits per heavy atom. The molecule has 36 heavy (non-hydrogen) atoms. The highest BCUT2D eigenvalue weighted by Gasteiger charge is 2.39. The minimum Gasteiger partial charge on any atom is -0.448 e. The molecule has 2 atom stereocenters. The van der Waals surface area contributed by atoms with Gasteiger partial charge in [-0.15, -0.1) is 0 Å². The first-order chi connectivity index (χ1) is 17.4. The number of fused-ring (bicyclic) bond motifs is 5. The average Bonchev–Trinajstić information content (AvgIpc) is 3.20. The number of hydrogen-bond donors (Lipinski definition) is 0. The van der Waals surface area contributed by atoms with Crippen molar-refractivity contribution in [2.24, 2.45) is 0 Å². The van der Waals surface area contributed by atoms with Crippen LogP contribution in [0, 0.1) is 0 Å². The summed E-state index contributed by atoms with van der Waals surface area (Å²) in [6, 6.07) is 26.3. The highest BCUT2D eigenvalue weighted by atomic mass is 16.6. The zero-order valence-electron chi connectivity index (χ0n) is 21.5. The van der Waals surface area contributed by atoms with Crippen LogP contribution in [0.25, 0.3) is 16.7 Å². The molecule has 3 aromatic carbocycles. The second-order valence-corrected chi connectivity index (χ2v) is 11.6. The van der Waals surface area contributed by atoms with Crippen molar-refractivity contribution in [1.82, 2.24) is 4.90 Å². The fourth-order valence-corrected chi connectivity index (χ4v) is 6.38. The van der Waals surface area contributed by atoms with Crippen molar-refractivity contribution in [3.05, 3.63) is 101 Å². The number of ether oxygens (including phenoxy) is 1. The molecular formula is C33H35NO2. The first-order valence-electron chi connectivity index (χ1n) is 13.3. The number of carbonyl (C=O) groups excluding carboxylic acids is 1. The molecule has 2 heterocycles. The summed E-state index contributed by atoms with van der Waals surface area (Å²) in [5.41, 5.74) is 9.17. The van der Waals surface area contributed by atoms with E-state index in [1.807, 2.05) is 4.90 Å². The molecule has 0 saturated carbocycles. The molecule has 0 radical (unpaired) electrons. The lowest BCUT2D eigenvalue weighted by Gasteiger charge is -2.44. The molecule has 2 unspecified atom stereocenters. The maximum atomic E-state index is 13.5. The number of amides is 1. The predicted molar refractivity (Wildman–Crippen MR) is 146 cm³/mol. The second-order valence-electron chi connectivity index (χ2n) is 11.6. The lowest BCUT2D eigenvalue weighted by Crippen LogP contribution is -2.51. The lowest BCUT2D eigenvalue weighted by molar-refractivity contribution is 0.0539. The molecule has 1 aliphatic carbocycles. The van der Waals surface area contributed by atoms with Crippen LogP contribution in [0.2, 0.25) is 0 Å². The molecule has 184 valence electrons. The highest BCUT2D eigenvalue weighted by Crippen LogP contribution is 2.45. The van der Waals surface area contributed by atoms with Crippen molar-refractivity contribution in [1.29, 1.82) is 0 Å². The molecule has 6 rings (SSSR count). The molecule has 0 N–H and O–H groups in total. The Balaban J connectivity index is 1.22. The zero-order valence-corrected chi connectivity index (χ0v) is 21.5. The molecule has 1 fully saturated rings. The van der Waals surface area contributed by atoms with Gasteiger partial charge in [0.2, 0.25) is 0 Å². The van der Waals surface area contributed by atoms with Gasteiger partial charge in [-0.3, -0.25) is 4.90 Å². The fraction of sp³-hybridized carbons (Fsp3) is 0.364. The van der Waals surface area contributed by atoms with Gasteiger partial charge in [-0.1, -0.05) is 99.6 Å². The molecule has 2 aliphatic heterocycles. The van der Waals surface area contributed by atoms with Crippen molar-refractivity contribution < 1.29 is 9.53 Å². The quantitative estimate of drug-likeness (QED) is 0.383. The number of rotatable bonds is 3. The lowest BCUT2D eigenvalue weighted by atomic mass is 9.81. The van der Waals surface area contributed by atoms with Gasteiger partial charge in [-0.05, 0) is 70.1 Å². The van der Waals surface area contributed by atoms with E-state index in [1.165, 1.54) is 39.0 Å². The van der Waals surface area contributed by atoms with Crippen molar-refractivity contribution in [3.8, 4) is 11.1 Å². The molecule has 0 spiro atoms. The molecule has 3 nitrogen and oxygen atoms in total. The van der Waals surface area contributed by atoms with Crippen LogP contribution in [0.15, 0.2) is 78.9 Å². The van der Waals surface area contributed by atoms with Crippen molar-refractivity contribution in [2.45, 2.75) is 69.9 Å². The first kappa shape index (κ1) is 23.1. The van der Waals surface area contributed by atoms with Crippen LogP contribution in [-0.2, 0) is 10.2 Å². The number of nitrogens with zero attached hydrogens (tertiary/aromatic N) is 1. The molecule has 3 heteroatoms. The molecule has 1 amide bonds. The Kier molecular flexibility index (Phi) is 5.75. The summed E-state index contributed by atoms with van der Waals surface area (Å²) in [6.07, 6.45) is 6.27. The predicted octanol–water partition coefficient (Wildman–Crippen LogP) is 7.94. The van der Waals surface area contributed by atoms with Gasteiger partial charge in [-0.25, -0.2) is 4.79 Å². The highest BCUT2D eigenvalue weighted by molar-refractivity contribution is 5.79. The van der Waals surface area contributed by atoms with Gasteiger partial charge in [0.1, 0.15) is 6.61 Å². The van der Waals surface area contributed by atoms with Gasteiger partial charge < -0.3 is 4.74 Å². The first-order valence-corrected chi connectivity index (χ1v) is 13.3. The number of piperidine rings is 1. The summed E-state index contributed by atoms with van der Waals surface area (Å²) in [5, 5.41) is 0. The summed E-state index contributed by atoms with van der Waals surface area (Å²) in [6.45, 7) is 7.16. The van der Waals surface area contributed by atoms with E-state index in [1.54, 1.807) is 0 Å². The Morgan fingerprint density at radius 3 is 2.28 bits per heavy atom. The topological polar surface area (TPSA) is 29.5 Å². The largest absolute Gasteiger partial charge is 0.448 e. The van der Waals surface area contributed by atoms with Crippen LogP contribution >= 0.6 is 0 Å². The molecule has 0 aromatic heterocycles. The Labute approximate surface area is 214 Å². The van der Waals surface area contributed by atoms with E-state index in [0.29, 0.717) is 6.61 Å². The summed E-state index contributed by atoms with van der Waals surface area (Å²) in [4.78, 5) is 15.5. The minimum absolute atomic E-state index is 0.0947. The molecule has 3 aromatic rings. The molecule has 2 bridgehead atoms. The smallest absolute Gasteiger partial charge is 0.410 e. The molecule has 3 aliphatic rings. The molecular weight excluding hydrogens is 442 g/mol. The maximum Gasteiger partial charge on any atom is 0.410 e. The van der Waals surface area contributed by atoms with Crippen molar-refractivity contribution in [2.75, 3.05) is 6.61 Å². The van der Waals surface area contributed by atoms with Gasteiger partial charge in [0.05, 0.1) is 6.04 Å². The second kappa shape index (κ2) is 8.96. The van der Waals surface area contributed by atoms with Crippen LogP contribution < -0.4 is 0 Å². The van der Waals surface area contributed by atoms with E-state index >= 15 is 0 Å². The number of benzene rings is 3. The Hall–Kier alpha value is -3.33. The fourth-order valence-electron chi connectivity index (χ4n) is 6.38. The van der Waals surface area contributed by atoms with Crippen LogP contribution in [0.4, 0.5) is 4.79 Å². The van der Waals surface area contributed by atoms with E-state index < -0.39 is 0 Å². The van der Waals surface area contributed by atoms with E-state index in [9.17, 15) is 4.79 Å². The van der Waals surface area contributed by atoms with Gasteiger partial charge >= 0.3 is 6.09 Å². The molecule has 1 saturated heterocycles. The summed E-state index contributed by atoms with van der Waals surface area (Å²) in [7, 11) is 0. The van der Waals surface area contributed by atoms with Crippen molar-refractivity contribution >= 4 is 11.7 Å². The number of carbonyl (C=O) groups is 1. The third-order valence-electron chi connectivity index (χ3n) is 8.28. The van der Waals surface area contributed by atoms with Gasteiger partial charge in [-0.2, -0.15) is 0 Å². The van der Waals surface area contributed by atoms with Crippen LogP contribution in [0.5, 0.6) is 0 Å². The Morgan fingerprint density at radius 2 is 1.61 bits per heavy atom. The number of hydrogen-bond acceptors (Lipinski definition) is 2. The van der Waals surface area contributed by atoms with Crippen LogP contribution in [0.1, 0.15) is 74.6 Å². The minimum atomic E-state index is -0.162. The zero-order chi connectivity index (χ0) is 24.9. The monoisotopic (exact) mass is 477 g/mol. The normalized spacial score (nSPS) is 21.0. The SMILES string of the molecule is CC(C)(C)c1cccc(C2=CC3CCCC(C2)N3C(=O)OCC2c3ccccc3-c3ccccc32)c1. The van der Waals surface area contributed by atoms with E-state index in [2.05, 4.69) is 99.6 Å². The van der Waals surface area contributed by atoms with Gasteiger partial charge in [0.25, 0.3) is 0 Å². The van der Waals surface area contributed by atoms with Gasteiger partial charge in [0.15, 0.2) is 0 Å². The summed E-state index contributed by atoms with van der Waals surface area (Å²) in [5.74, 6) is 0.0947. The van der Waals surface area contributed by atoms with E-state index in [4.69, 9.17) is 4.74 Å². The van der Waals surface area contributed by atoms with Crippen LogP contribution in [0.3, 0.4) is 0 Å². The summed E-state index contributed by atoms with van der Waals surface area (Å²) < 4.78 is 6.08. The third kappa shape index (κ3) is 4.05. The van der Waals surface area contributed by atoms with Crippen molar-refractivity contribution in [3.63, 3.8) is 0 Å². The van der Waals surface area contributed by atoms with E-state index in [-0.39, 0.29) is 29.5 Å². The average molecular weight is 478 g/mol. The Bertz CT molecular complexity index is 1290.